The average molecular weight is 450 g/mol. The fraction of sp³-hybridized carbons (Fsp3) is 0.192. The molecule has 0 unspecified atom stereocenters. The van der Waals surface area contributed by atoms with Crippen LogP contribution in [0.2, 0.25) is 5.02 Å². The summed E-state index contributed by atoms with van der Waals surface area (Å²) in [5.74, 6) is 0.456. The predicted molar refractivity (Wildman–Crippen MR) is 121 cm³/mol. The molecule has 0 saturated carbocycles. The SMILES string of the molecule is O=C1/C(=C/c2c(F)cccc2Cl)Oc2c1ccc1c2CN(CCCc2ccccc2)CO1. The van der Waals surface area contributed by atoms with Crippen molar-refractivity contribution in [1.82, 2.24) is 4.90 Å². The van der Waals surface area contributed by atoms with E-state index in [1.54, 1.807) is 18.2 Å². The van der Waals surface area contributed by atoms with Crippen molar-refractivity contribution in [1.29, 1.82) is 0 Å². The minimum Gasteiger partial charge on any atom is -0.478 e. The molecular formula is C26H21ClFNO3. The number of Topliss-reactive ketones (excluding diaryl/α,β-unsaturated/α-hetero) is 1. The van der Waals surface area contributed by atoms with E-state index in [4.69, 9.17) is 21.1 Å². The van der Waals surface area contributed by atoms with Crippen molar-refractivity contribution in [3.05, 3.63) is 99.5 Å². The van der Waals surface area contributed by atoms with Crippen LogP contribution in [0.4, 0.5) is 4.39 Å². The molecule has 3 aromatic carbocycles. The average Bonchev–Trinajstić information content (AvgIpc) is 3.13. The maximum absolute atomic E-state index is 14.2. The Morgan fingerprint density at radius 2 is 1.91 bits per heavy atom. The highest BCUT2D eigenvalue weighted by Gasteiger charge is 2.33. The van der Waals surface area contributed by atoms with Gasteiger partial charge >= 0.3 is 0 Å². The molecule has 0 amide bonds. The number of halogens is 2. The number of carbonyl (C=O) groups excluding carboxylic acids is 1. The van der Waals surface area contributed by atoms with E-state index in [2.05, 4.69) is 17.0 Å². The molecule has 0 aliphatic carbocycles. The normalized spacial score (nSPS) is 16.4. The van der Waals surface area contributed by atoms with Crippen molar-refractivity contribution in [3.63, 3.8) is 0 Å². The second kappa shape index (κ2) is 8.77. The fourth-order valence-electron chi connectivity index (χ4n) is 4.08. The third-order valence-corrected chi connectivity index (χ3v) is 6.07. The highest BCUT2D eigenvalue weighted by molar-refractivity contribution is 6.32. The Hall–Kier alpha value is -3.15. The van der Waals surface area contributed by atoms with Crippen molar-refractivity contribution in [2.24, 2.45) is 0 Å². The molecule has 32 heavy (non-hydrogen) atoms. The van der Waals surface area contributed by atoms with Crippen LogP contribution in [0.25, 0.3) is 6.08 Å². The summed E-state index contributed by atoms with van der Waals surface area (Å²) in [5, 5.41) is 0.222. The van der Waals surface area contributed by atoms with Gasteiger partial charge in [0.25, 0.3) is 0 Å². The Labute approximate surface area is 190 Å². The molecule has 0 saturated heterocycles. The molecule has 0 radical (unpaired) electrons. The molecule has 0 fully saturated rings. The maximum atomic E-state index is 14.2. The highest BCUT2D eigenvalue weighted by atomic mass is 35.5. The van der Waals surface area contributed by atoms with Gasteiger partial charge in [-0.25, -0.2) is 4.39 Å². The van der Waals surface area contributed by atoms with Crippen LogP contribution in [-0.4, -0.2) is 24.0 Å². The summed E-state index contributed by atoms with van der Waals surface area (Å²) in [4.78, 5) is 15.1. The molecule has 5 rings (SSSR count). The molecule has 162 valence electrons. The number of aryl methyl sites for hydroxylation is 1. The Morgan fingerprint density at radius 3 is 2.72 bits per heavy atom. The van der Waals surface area contributed by atoms with Crippen LogP contribution < -0.4 is 9.47 Å². The van der Waals surface area contributed by atoms with Crippen LogP contribution in [0.15, 0.2) is 66.4 Å². The van der Waals surface area contributed by atoms with E-state index in [0.717, 1.165) is 24.9 Å². The van der Waals surface area contributed by atoms with E-state index in [0.29, 0.717) is 30.3 Å². The lowest BCUT2D eigenvalue weighted by Crippen LogP contribution is -2.33. The van der Waals surface area contributed by atoms with E-state index in [1.807, 2.05) is 18.2 Å². The number of benzene rings is 3. The van der Waals surface area contributed by atoms with Gasteiger partial charge in [-0.15, -0.1) is 0 Å². The third kappa shape index (κ3) is 4.01. The van der Waals surface area contributed by atoms with Gasteiger partial charge < -0.3 is 9.47 Å². The summed E-state index contributed by atoms with van der Waals surface area (Å²) in [6, 6.07) is 18.3. The van der Waals surface area contributed by atoms with Crippen molar-refractivity contribution in [2.75, 3.05) is 13.3 Å². The van der Waals surface area contributed by atoms with E-state index in [-0.39, 0.29) is 22.1 Å². The van der Waals surface area contributed by atoms with Gasteiger partial charge in [0, 0.05) is 18.7 Å². The largest absolute Gasteiger partial charge is 0.478 e. The van der Waals surface area contributed by atoms with E-state index in [1.165, 1.54) is 23.8 Å². The number of hydrogen-bond acceptors (Lipinski definition) is 4. The third-order valence-electron chi connectivity index (χ3n) is 5.74. The highest BCUT2D eigenvalue weighted by Crippen LogP contribution is 2.42. The lowest BCUT2D eigenvalue weighted by Gasteiger charge is -2.29. The van der Waals surface area contributed by atoms with Crippen LogP contribution in [0.5, 0.6) is 11.5 Å². The summed E-state index contributed by atoms with van der Waals surface area (Å²) < 4.78 is 26.1. The zero-order chi connectivity index (χ0) is 22.1. The van der Waals surface area contributed by atoms with Gasteiger partial charge in [0.2, 0.25) is 5.78 Å². The maximum Gasteiger partial charge on any atom is 0.231 e. The lowest BCUT2D eigenvalue weighted by molar-refractivity contribution is 0.0928. The molecule has 4 nitrogen and oxygen atoms in total. The quantitative estimate of drug-likeness (QED) is 0.456. The minimum atomic E-state index is -0.507. The van der Waals surface area contributed by atoms with Crippen molar-refractivity contribution < 1.29 is 18.7 Å². The minimum absolute atomic E-state index is 0.0570. The number of rotatable bonds is 5. The first-order valence-electron chi connectivity index (χ1n) is 10.5. The van der Waals surface area contributed by atoms with Gasteiger partial charge in [0.05, 0.1) is 16.1 Å². The van der Waals surface area contributed by atoms with Gasteiger partial charge in [-0.3, -0.25) is 9.69 Å². The molecule has 0 atom stereocenters. The summed E-state index contributed by atoms with van der Waals surface area (Å²) in [7, 11) is 0. The first-order valence-corrected chi connectivity index (χ1v) is 10.9. The molecular weight excluding hydrogens is 429 g/mol. The van der Waals surface area contributed by atoms with Crippen LogP contribution in [0.1, 0.15) is 33.5 Å². The smallest absolute Gasteiger partial charge is 0.231 e. The zero-order valence-electron chi connectivity index (χ0n) is 17.3. The predicted octanol–water partition coefficient (Wildman–Crippen LogP) is 5.88. The summed E-state index contributed by atoms with van der Waals surface area (Å²) >= 11 is 6.12. The number of hydrogen-bond donors (Lipinski definition) is 0. The lowest BCUT2D eigenvalue weighted by atomic mass is 10.0. The second-order valence-electron chi connectivity index (χ2n) is 7.91. The number of fused-ring (bicyclic) bond motifs is 3. The van der Waals surface area contributed by atoms with Gasteiger partial charge in [0.1, 0.15) is 24.0 Å². The molecule has 0 aromatic heterocycles. The van der Waals surface area contributed by atoms with Gasteiger partial charge in [-0.05, 0) is 48.7 Å². The number of carbonyl (C=O) groups is 1. The standard InChI is InChI=1S/C26H21ClFNO3/c27-21-9-4-10-22(28)19(21)14-24-25(30)18-11-12-23-20(26(18)32-24)15-29(16-31-23)13-5-8-17-6-2-1-3-7-17/h1-4,6-7,9-12,14H,5,8,13,15-16H2/b24-14-. The van der Waals surface area contributed by atoms with E-state index >= 15 is 0 Å². The molecule has 0 N–H and O–H groups in total. The van der Waals surface area contributed by atoms with E-state index in [9.17, 15) is 9.18 Å². The molecule has 0 bridgehead atoms. The Bertz CT molecular complexity index is 1190. The monoisotopic (exact) mass is 449 g/mol. The number of allylic oxidation sites excluding steroid dienone is 1. The van der Waals surface area contributed by atoms with Crippen LogP contribution in [0, 0.1) is 5.82 Å². The topological polar surface area (TPSA) is 38.8 Å². The second-order valence-corrected chi connectivity index (χ2v) is 8.32. The first-order chi connectivity index (χ1) is 15.6. The zero-order valence-corrected chi connectivity index (χ0v) is 18.1. The molecule has 2 heterocycles. The van der Waals surface area contributed by atoms with Crippen LogP contribution >= 0.6 is 11.6 Å². The number of ether oxygens (including phenoxy) is 2. The van der Waals surface area contributed by atoms with Crippen molar-refractivity contribution in [2.45, 2.75) is 19.4 Å². The van der Waals surface area contributed by atoms with Gasteiger partial charge in [0.15, 0.2) is 5.76 Å². The molecule has 2 aliphatic rings. The molecule has 2 aliphatic heterocycles. The Kier molecular flexibility index (Phi) is 5.68. The van der Waals surface area contributed by atoms with Crippen molar-refractivity contribution in [3.8, 4) is 11.5 Å². The number of nitrogens with zero attached hydrogens (tertiary/aromatic N) is 1. The summed E-state index contributed by atoms with van der Waals surface area (Å²) in [6.07, 6.45) is 3.35. The van der Waals surface area contributed by atoms with Crippen LogP contribution in [-0.2, 0) is 13.0 Å². The van der Waals surface area contributed by atoms with Crippen LogP contribution in [0.3, 0.4) is 0 Å². The fourth-order valence-corrected chi connectivity index (χ4v) is 4.30. The van der Waals surface area contributed by atoms with E-state index < -0.39 is 5.82 Å². The molecule has 0 spiro atoms. The summed E-state index contributed by atoms with van der Waals surface area (Å²) in [6.45, 7) is 1.97. The molecule has 3 aromatic rings. The first kappa shape index (κ1) is 20.7. The van der Waals surface area contributed by atoms with Gasteiger partial charge in [-0.1, -0.05) is 48.0 Å². The van der Waals surface area contributed by atoms with Gasteiger partial charge in [-0.2, -0.15) is 0 Å². The molecule has 6 heteroatoms. The Morgan fingerprint density at radius 1 is 1.06 bits per heavy atom. The van der Waals surface area contributed by atoms with Crippen molar-refractivity contribution >= 4 is 23.5 Å². The summed E-state index contributed by atoms with van der Waals surface area (Å²) in [5.41, 5.74) is 2.74. The Balaban J connectivity index is 1.34. The number of ketones is 1.